The Kier molecular flexibility index (Phi) is 4.97. The fourth-order valence-electron chi connectivity index (χ4n) is 1.46. The van der Waals surface area contributed by atoms with Crippen molar-refractivity contribution in [3.8, 4) is 0 Å². The molecule has 1 amide bonds. The molecule has 5 nitrogen and oxygen atoms in total. The number of rotatable bonds is 4. The first-order valence-electron chi connectivity index (χ1n) is 5.85. The molecule has 118 valence electrons. The van der Waals surface area contributed by atoms with Gasteiger partial charge >= 0.3 is 12.2 Å². The van der Waals surface area contributed by atoms with Gasteiger partial charge in [-0.05, 0) is 25.1 Å². The first kappa shape index (κ1) is 16.6. The van der Waals surface area contributed by atoms with Crippen molar-refractivity contribution in [1.82, 2.24) is 10.1 Å². The lowest BCUT2D eigenvalue weighted by Gasteiger charge is -2.10. The third-order valence-corrected chi connectivity index (χ3v) is 3.71. The Morgan fingerprint density at radius 3 is 2.77 bits per heavy atom. The Morgan fingerprint density at radius 2 is 2.18 bits per heavy atom. The SMILES string of the molecule is Cc1noc(NC(=O)CSc2ccc(Cl)c(C(F)(F)F)c2)n1. The van der Waals surface area contributed by atoms with Crippen LogP contribution in [-0.2, 0) is 11.0 Å². The number of aryl methyl sites for hydroxylation is 1. The third kappa shape index (κ3) is 4.38. The smallest absolute Gasteiger partial charge is 0.315 e. The highest BCUT2D eigenvalue weighted by atomic mass is 35.5. The van der Waals surface area contributed by atoms with Crippen molar-refractivity contribution in [3.05, 3.63) is 34.6 Å². The van der Waals surface area contributed by atoms with Crippen LogP contribution in [-0.4, -0.2) is 21.8 Å². The van der Waals surface area contributed by atoms with Crippen molar-refractivity contribution in [2.75, 3.05) is 11.1 Å². The van der Waals surface area contributed by atoms with Crippen molar-refractivity contribution in [2.24, 2.45) is 0 Å². The second-order valence-electron chi connectivity index (χ2n) is 4.12. The van der Waals surface area contributed by atoms with Crippen LogP contribution >= 0.6 is 23.4 Å². The molecule has 0 bridgehead atoms. The molecule has 1 heterocycles. The van der Waals surface area contributed by atoms with Crippen LogP contribution in [0, 0.1) is 6.92 Å². The second-order valence-corrected chi connectivity index (χ2v) is 5.58. The Labute approximate surface area is 132 Å². The number of nitrogens with one attached hydrogen (secondary N) is 1. The molecular formula is C12H9ClF3N3O2S. The molecule has 0 spiro atoms. The summed E-state index contributed by atoms with van der Waals surface area (Å²) in [6.45, 7) is 1.58. The maximum Gasteiger partial charge on any atom is 0.417 e. The number of benzene rings is 1. The van der Waals surface area contributed by atoms with Gasteiger partial charge in [0.15, 0.2) is 5.82 Å². The number of carbonyl (C=O) groups is 1. The van der Waals surface area contributed by atoms with E-state index in [0.717, 1.165) is 23.9 Å². The standard InChI is InChI=1S/C12H9ClF3N3O2S/c1-6-17-11(21-19-6)18-10(20)5-22-7-2-3-9(13)8(4-7)12(14,15)16/h2-4H,5H2,1H3,(H,17,18,19,20). The molecule has 0 aliphatic carbocycles. The molecular weight excluding hydrogens is 343 g/mol. The van der Waals surface area contributed by atoms with E-state index in [2.05, 4.69) is 15.5 Å². The number of carbonyl (C=O) groups excluding carboxylic acids is 1. The monoisotopic (exact) mass is 351 g/mol. The zero-order chi connectivity index (χ0) is 16.3. The van der Waals surface area contributed by atoms with Crippen LogP contribution in [0.25, 0.3) is 0 Å². The number of alkyl halides is 3. The highest BCUT2D eigenvalue weighted by molar-refractivity contribution is 8.00. The first-order valence-corrected chi connectivity index (χ1v) is 7.22. The highest BCUT2D eigenvalue weighted by Gasteiger charge is 2.33. The second kappa shape index (κ2) is 6.57. The topological polar surface area (TPSA) is 68.0 Å². The van der Waals surface area contributed by atoms with E-state index in [0.29, 0.717) is 5.82 Å². The lowest BCUT2D eigenvalue weighted by molar-refractivity contribution is -0.137. The Hall–Kier alpha value is -1.74. The summed E-state index contributed by atoms with van der Waals surface area (Å²) in [5.41, 5.74) is -0.938. The van der Waals surface area contributed by atoms with Crippen LogP contribution in [0.4, 0.5) is 19.2 Å². The van der Waals surface area contributed by atoms with E-state index >= 15 is 0 Å². The highest BCUT2D eigenvalue weighted by Crippen LogP contribution is 2.36. The molecule has 10 heteroatoms. The summed E-state index contributed by atoms with van der Waals surface area (Å²) < 4.78 is 42.8. The Morgan fingerprint density at radius 1 is 1.45 bits per heavy atom. The molecule has 1 aromatic carbocycles. The van der Waals surface area contributed by atoms with Crippen LogP contribution in [0.3, 0.4) is 0 Å². The van der Waals surface area contributed by atoms with Crippen molar-refractivity contribution in [1.29, 1.82) is 0 Å². The average Bonchev–Trinajstić information content (AvgIpc) is 2.82. The molecule has 1 N–H and O–H groups in total. The van der Waals surface area contributed by atoms with Gasteiger partial charge in [-0.1, -0.05) is 16.8 Å². The molecule has 0 aliphatic rings. The number of aromatic nitrogens is 2. The third-order valence-electron chi connectivity index (χ3n) is 2.39. The summed E-state index contributed by atoms with van der Waals surface area (Å²) >= 11 is 6.45. The van der Waals surface area contributed by atoms with Gasteiger partial charge in [0.2, 0.25) is 5.91 Å². The van der Waals surface area contributed by atoms with Crippen molar-refractivity contribution >= 4 is 35.3 Å². The number of hydrogen-bond donors (Lipinski definition) is 1. The van der Waals surface area contributed by atoms with Gasteiger partial charge < -0.3 is 4.52 Å². The molecule has 0 unspecified atom stereocenters. The minimum absolute atomic E-state index is 0.0600. The number of amides is 1. The van der Waals surface area contributed by atoms with Crippen LogP contribution in [0.2, 0.25) is 5.02 Å². The summed E-state index contributed by atoms with van der Waals surface area (Å²) in [7, 11) is 0. The van der Waals surface area contributed by atoms with Crippen molar-refractivity contribution in [2.45, 2.75) is 18.0 Å². The predicted octanol–water partition coefficient (Wildman–Crippen LogP) is 3.78. The van der Waals surface area contributed by atoms with E-state index in [9.17, 15) is 18.0 Å². The summed E-state index contributed by atoms with van der Waals surface area (Å²) in [6, 6.07) is 3.39. The molecule has 0 radical (unpaired) electrons. The van der Waals surface area contributed by atoms with E-state index in [1.54, 1.807) is 6.92 Å². The average molecular weight is 352 g/mol. The van der Waals surface area contributed by atoms with E-state index in [4.69, 9.17) is 16.1 Å². The van der Waals surface area contributed by atoms with E-state index < -0.39 is 17.6 Å². The summed E-state index contributed by atoms with van der Waals surface area (Å²) in [5, 5.41) is 5.44. The van der Waals surface area contributed by atoms with Gasteiger partial charge in [-0.2, -0.15) is 18.2 Å². The van der Waals surface area contributed by atoms with Crippen LogP contribution in [0.5, 0.6) is 0 Å². The largest absolute Gasteiger partial charge is 0.417 e. The zero-order valence-corrected chi connectivity index (χ0v) is 12.6. The number of hydrogen-bond acceptors (Lipinski definition) is 5. The molecule has 0 atom stereocenters. The molecule has 2 rings (SSSR count). The quantitative estimate of drug-likeness (QED) is 0.849. The minimum atomic E-state index is -4.54. The van der Waals surface area contributed by atoms with Gasteiger partial charge in [-0.25, -0.2) is 0 Å². The molecule has 0 saturated carbocycles. The molecule has 0 fully saturated rings. The number of halogens is 4. The molecule has 22 heavy (non-hydrogen) atoms. The number of thioether (sulfide) groups is 1. The molecule has 1 aromatic heterocycles. The first-order chi connectivity index (χ1) is 10.3. The minimum Gasteiger partial charge on any atom is -0.315 e. The van der Waals surface area contributed by atoms with E-state index in [-0.39, 0.29) is 21.7 Å². The Bertz CT molecular complexity index is 690. The van der Waals surface area contributed by atoms with Gasteiger partial charge in [0.05, 0.1) is 16.3 Å². The predicted molar refractivity (Wildman–Crippen MR) is 74.8 cm³/mol. The molecule has 0 saturated heterocycles. The summed E-state index contributed by atoms with van der Waals surface area (Å²) in [6.07, 6.45) is -4.54. The van der Waals surface area contributed by atoms with E-state index in [1.165, 1.54) is 6.07 Å². The molecule has 0 aliphatic heterocycles. The lowest BCUT2D eigenvalue weighted by Crippen LogP contribution is -2.14. The summed E-state index contributed by atoms with van der Waals surface area (Å²) in [5.74, 6) is -0.229. The van der Waals surface area contributed by atoms with Gasteiger partial charge in [0.1, 0.15) is 0 Å². The number of nitrogens with zero attached hydrogens (tertiary/aromatic N) is 2. The maximum absolute atomic E-state index is 12.7. The van der Waals surface area contributed by atoms with Crippen LogP contribution in [0.1, 0.15) is 11.4 Å². The van der Waals surface area contributed by atoms with Gasteiger partial charge in [-0.3, -0.25) is 10.1 Å². The maximum atomic E-state index is 12.7. The lowest BCUT2D eigenvalue weighted by atomic mass is 10.2. The van der Waals surface area contributed by atoms with Gasteiger partial charge in [0.25, 0.3) is 0 Å². The zero-order valence-electron chi connectivity index (χ0n) is 11.1. The normalized spacial score (nSPS) is 11.5. The van der Waals surface area contributed by atoms with Crippen molar-refractivity contribution < 1.29 is 22.5 Å². The van der Waals surface area contributed by atoms with Crippen molar-refractivity contribution in [3.63, 3.8) is 0 Å². The van der Waals surface area contributed by atoms with Gasteiger partial charge in [0, 0.05) is 4.90 Å². The van der Waals surface area contributed by atoms with E-state index in [1.807, 2.05) is 0 Å². The number of anilines is 1. The van der Waals surface area contributed by atoms with Crippen LogP contribution < -0.4 is 5.32 Å². The summed E-state index contributed by atoms with van der Waals surface area (Å²) in [4.78, 5) is 15.7. The fraction of sp³-hybridized carbons (Fsp3) is 0.250. The fourth-order valence-corrected chi connectivity index (χ4v) is 2.42. The molecule has 2 aromatic rings. The Balaban J connectivity index is 1.98. The van der Waals surface area contributed by atoms with Crippen LogP contribution in [0.15, 0.2) is 27.6 Å². The van der Waals surface area contributed by atoms with Gasteiger partial charge in [-0.15, -0.1) is 11.8 Å².